The number of nitrogens with two attached hydrogens (primary N) is 1. The number of hydrogen-bond donors (Lipinski definition) is 1. The first-order chi connectivity index (χ1) is 13.8. The Morgan fingerprint density at radius 1 is 0.966 bits per heavy atom. The summed E-state index contributed by atoms with van der Waals surface area (Å²) < 4.78 is 2.06. The van der Waals surface area contributed by atoms with Gasteiger partial charge in [0, 0.05) is 29.3 Å². The van der Waals surface area contributed by atoms with Crippen LogP contribution in [-0.4, -0.2) is 16.4 Å². The van der Waals surface area contributed by atoms with Gasteiger partial charge in [0.2, 0.25) is 0 Å². The molecule has 3 aromatic rings. The van der Waals surface area contributed by atoms with E-state index in [2.05, 4.69) is 16.7 Å². The van der Waals surface area contributed by atoms with Crippen molar-refractivity contribution < 1.29 is 9.59 Å². The number of nitrogen functional groups attached to an aromatic ring is 1. The number of benzene rings is 2. The smallest absolute Gasteiger partial charge is 0.266 e. The molecule has 5 heteroatoms. The van der Waals surface area contributed by atoms with Gasteiger partial charge < -0.3 is 10.3 Å². The van der Waals surface area contributed by atoms with E-state index in [9.17, 15) is 9.59 Å². The van der Waals surface area contributed by atoms with Gasteiger partial charge in [-0.3, -0.25) is 9.59 Å². The lowest BCUT2D eigenvalue weighted by molar-refractivity contribution is -0.119. The lowest BCUT2D eigenvalue weighted by Crippen LogP contribution is -2.29. The fraction of sp³-hybridized carbons (Fsp3) is 0.167. The average Bonchev–Trinajstić information content (AvgIpc) is 3.08. The van der Waals surface area contributed by atoms with Gasteiger partial charge in [0.25, 0.3) is 11.8 Å². The molecule has 1 aliphatic heterocycles. The normalized spacial score (nSPS) is 15.8. The van der Waals surface area contributed by atoms with Crippen LogP contribution in [0.1, 0.15) is 25.1 Å². The van der Waals surface area contributed by atoms with E-state index >= 15 is 0 Å². The summed E-state index contributed by atoms with van der Waals surface area (Å²) in [6.07, 6.45) is 1.84. The number of hydrogen-bond acceptors (Lipinski definition) is 3. The minimum Gasteiger partial charge on any atom is -0.399 e. The number of amides is 2. The number of para-hydroxylation sites is 1. The number of rotatable bonds is 2. The van der Waals surface area contributed by atoms with Gasteiger partial charge in [-0.1, -0.05) is 23.8 Å². The number of carbonyl (C=O) groups excluding carboxylic acids is 2. The summed E-state index contributed by atoms with van der Waals surface area (Å²) in [6.45, 7) is 5.75. The summed E-state index contributed by atoms with van der Waals surface area (Å²) >= 11 is 0. The first-order valence-corrected chi connectivity index (χ1v) is 9.49. The highest BCUT2D eigenvalue weighted by Crippen LogP contribution is 2.35. The predicted molar refractivity (Wildman–Crippen MR) is 117 cm³/mol. The number of aryl methyl sites for hydroxylation is 2. The van der Waals surface area contributed by atoms with E-state index in [4.69, 9.17) is 5.73 Å². The number of aromatic nitrogens is 1. The zero-order chi connectivity index (χ0) is 20.9. The molecule has 0 atom stereocenters. The molecule has 0 aliphatic carbocycles. The molecule has 2 amide bonds. The highest BCUT2D eigenvalue weighted by Gasteiger charge is 2.40. The number of nitrogens with zero attached hydrogens (tertiary/aromatic N) is 2. The van der Waals surface area contributed by atoms with Crippen molar-refractivity contribution >= 4 is 40.2 Å². The molecule has 5 nitrogen and oxygen atoms in total. The summed E-state index contributed by atoms with van der Waals surface area (Å²) in [7, 11) is 1.98. The molecule has 1 aromatic heterocycles. The second-order valence-electron chi connectivity index (χ2n) is 7.56. The molecule has 0 bridgehead atoms. The molecular weight excluding hydrogens is 362 g/mol. The van der Waals surface area contributed by atoms with E-state index in [-0.39, 0.29) is 11.8 Å². The van der Waals surface area contributed by atoms with E-state index in [1.54, 1.807) is 24.3 Å². The van der Waals surface area contributed by atoms with E-state index in [1.165, 1.54) is 4.90 Å². The summed E-state index contributed by atoms with van der Waals surface area (Å²) in [5.74, 6) is -0.622. The molecule has 1 fully saturated rings. The molecule has 1 aliphatic rings. The summed E-state index contributed by atoms with van der Waals surface area (Å²) in [5.41, 5.74) is 11.6. The Morgan fingerprint density at radius 3 is 2.24 bits per heavy atom. The maximum atomic E-state index is 13.3. The maximum absolute atomic E-state index is 13.3. The van der Waals surface area contributed by atoms with E-state index in [0.29, 0.717) is 22.5 Å². The Morgan fingerprint density at radius 2 is 1.62 bits per heavy atom. The van der Waals surface area contributed by atoms with Crippen LogP contribution in [0, 0.1) is 6.92 Å². The van der Waals surface area contributed by atoms with Gasteiger partial charge in [0.15, 0.2) is 0 Å². The van der Waals surface area contributed by atoms with Gasteiger partial charge in [-0.05, 0) is 62.7 Å². The minimum absolute atomic E-state index is 0.303. The van der Waals surface area contributed by atoms with Crippen molar-refractivity contribution in [3.8, 4) is 0 Å². The Hall–Kier alpha value is -3.60. The molecule has 0 spiro atoms. The molecule has 146 valence electrons. The zero-order valence-electron chi connectivity index (χ0n) is 17.0. The topological polar surface area (TPSA) is 68.3 Å². The van der Waals surface area contributed by atoms with Crippen molar-refractivity contribution in [3.63, 3.8) is 0 Å². The quantitative estimate of drug-likeness (QED) is 0.405. The van der Waals surface area contributed by atoms with Crippen LogP contribution in [-0.2, 0) is 16.6 Å². The lowest BCUT2D eigenvalue weighted by atomic mass is 10.0. The monoisotopic (exact) mass is 385 g/mol. The largest absolute Gasteiger partial charge is 0.399 e. The van der Waals surface area contributed by atoms with Crippen LogP contribution in [0.3, 0.4) is 0 Å². The Balaban J connectivity index is 1.91. The number of carbonyl (C=O) groups is 2. The Kier molecular flexibility index (Phi) is 4.38. The van der Waals surface area contributed by atoms with Crippen molar-refractivity contribution in [2.75, 3.05) is 10.6 Å². The average molecular weight is 385 g/mol. The highest BCUT2D eigenvalue weighted by molar-refractivity contribution is 6.38. The van der Waals surface area contributed by atoms with E-state index < -0.39 is 0 Å². The second kappa shape index (κ2) is 6.78. The number of fused-ring (bicyclic) bond motifs is 1. The molecule has 4 rings (SSSR count). The van der Waals surface area contributed by atoms with Crippen LogP contribution in [0.15, 0.2) is 65.3 Å². The van der Waals surface area contributed by atoms with Gasteiger partial charge in [-0.15, -0.1) is 0 Å². The Labute approximate surface area is 169 Å². The molecule has 2 heterocycles. The third-order valence-corrected chi connectivity index (χ3v) is 5.47. The third-order valence-electron chi connectivity index (χ3n) is 5.47. The first kappa shape index (κ1) is 18.7. The fourth-order valence-corrected chi connectivity index (χ4v) is 3.97. The molecular formula is C24H23N3O2. The van der Waals surface area contributed by atoms with Crippen LogP contribution in [0.25, 0.3) is 17.0 Å². The highest BCUT2D eigenvalue weighted by atomic mass is 16.2. The van der Waals surface area contributed by atoms with Crippen LogP contribution in [0.2, 0.25) is 0 Å². The van der Waals surface area contributed by atoms with Gasteiger partial charge in [-0.25, -0.2) is 4.90 Å². The van der Waals surface area contributed by atoms with Crippen molar-refractivity contribution in [3.05, 3.63) is 76.5 Å². The fourth-order valence-electron chi connectivity index (χ4n) is 3.97. The van der Waals surface area contributed by atoms with E-state index in [1.807, 2.05) is 46.0 Å². The maximum Gasteiger partial charge on any atom is 0.266 e. The van der Waals surface area contributed by atoms with E-state index in [0.717, 1.165) is 27.7 Å². The van der Waals surface area contributed by atoms with Gasteiger partial charge in [0.05, 0.1) is 16.8 Å². The molecule has 0 unspecified atom stereocenters. The molecule has 2 aromatic carbocycles. The van der Waals surface area contributed by atoms with Crippen molar-refractivity contribution in [1.82, 2.24) is 4.57 Å². The van der Waals surface area contributed by atoms with Crippen molar-refractivity contribution in [1.29, 1.82) is 0 Å². The molecule has 2 N–H and O–H groups in total. The van der Waals surface area contributed by atoms with Crippen LogP contribution >= 0.6 is 0 Å². The number of imide groups is 1. The summed E-state index contributed by atoms with van der Waals surface area (Å²) in [5, 5.41) is 1.13. The van der Waals surface area contributed by atoms with Crippen LogP contribution in [0.4, 0.5) is 11.4 Å². The lowest BCUT2D eigenvalue weighted by Gasteiger charge is -2.13. The molecule has 0 radical (unpaired) electrons. The zero-order valence-corrected chi connectivity index (χ0v) is 17.0. The SMILES string of the molecule is CC(C)=C1C(=O)N(c2ccc(N)cc2)C(=O)/C1=C\c1c(C)c2ccccc2n1C. The first-order valence-electron chi connectivity index (χ1n) is 9.49. The van der Waals surface area contributed by atoms with Gasteiger partial charge in [0.1, 0.15) is 0 Å². The molecule has 0 saturated carbocycles. The Bertz CT molecular complexity index is 1180. The second-order valence-corrected chi connectivity index (χ2v) is 7.56. The van der Waals surface area contributed by atoms with Crippen LogP contribution < -0.4 is 10.6 Å². The molecule has 29 heavy (non-hydrogen) atoms. The predicted octanol–water partition coefficient (Wildman–Crippen LogP) is 4.36. The summed E-state index contributed by atoms with van der Waals surface area (Å²) in [4.78, 5) is 27.7. The van der Waals surface area contributed by atoms with Crippen molar-refractivity contribution in [2.45, 2.75) is 20.8 Å². The van der Waals surface area contributed by atoms with Crippen molar-refractivity contribution in [2.24, 2.45) is 7.05 Å². The number of anilines is 2. The van der Waals surface area contributed by atoms with Gasteiger partial charge >= 0.3 is 0 Å². The summed E-state index contributed by atoms with van der Waals surface area (Å²) in [6, 6.07) is 14.9. The minimum atomic E-state index is -0.319. The third kappa shape index (κ3) is 2.86. The van der Waals surface area contributed by atoms with Gasteiger partial charge in [-0.2, -0.15) is 0 Å². The molecule has 1 saturated heterocycles. The standard InChI is InChI=1S/C24H23N3O2/c1-14(2)22-19(13-21-15(3)18-7-5-6-8-20(18)26(21)4)23(28)27(24(22)29)17-11-9-16(25)10-12-17/h5-13H,25H2,1-4H3/b19-13-. The van der Waals surface area contributed by atoms with Crippen LogP contribution in [0.5, 0.6) is 0 Å². The number of allylic oxidation sites excluding steroid dienone is 1.